The van der Waals surface area contributed by atoms with Crippen molar-refractivity contribution in [3.63, 3.8) is 0 Å². The number of aliphatic imine (C=N–C) groups is 1. The van der Waals surface area contributed by atoms with Crippen molar-refractivity contribution in [2.24, 2.45) is 22.4 Å². The Hall–Kier alpha value is -2.38. The molecule has 2 rings (SSSR count). The number of Topliss-reactive ketones (excluding diaryl/α,β-unsaturated/α-hetero) is 1. The predicted octanol–water partition coefficient (Wildman–Crippen LogP) is 2.47. The summed E-state index contributed by atoms with van der Waals surface area (Å²) in [6.45, 7) is 3.22. The number of halogens is 1. The van der Waals surface area contributed by atoms with E-state index in [1.165, 1.54) is 0 Å². The molecule has 7 nitrogen and oxygen atoms in total. The summed E-state index contributed by atoms with van der Waals surface area (Å²) >= 11 is 6.00. The summed E-state index contributed by atoms with van der Waals surface area (Å²) in [6.07, 6.45) is 2.20. The number of nitrogens with two attached hydrogens (primary N) is 2. The summed E-state index contributed by atoms with van der Waals surface area (Å²) in [5, 5.41) is 0.296. The maximum Gasteiger partial charge on any atom is 0.344 e. The number of hydrogen-bond acceptors (Lipinski definition) is 6. The highest BCUT2D eigenvalue weighted by Gasteiger charge is 2.22. The molecule has 1 fully saturated rings. The lowest BCUT2D eigenvalue weighted by Crippen LogP contribution is -2.29. The quantitative estimate of drug-likeness (QED) is 0.225. The van der Waals surface area contributed by atoms with Crippen LogP contribution < -0.4 is 11.5 Å². The molecule has 0 saturated carbocycles. The number of carbonyl (C=O) groups excluding carboxylic acids is 2. The second-order valence-electron chi connectivity index (χ2n) is 6.51. The zero-order valence-electron chi connectivity index (χ0n) is 15.9. The summed E-state index contributed by atoms with van der Waals surface area (Å²) in [7, 11) is 0. The van der Waals surface area contributed by atoms with Gasteiger partial charge in [-0.25, -0.2) is 4.79 Å². The molecule has 0 radical (unpaired) electrons. The fourth-order valence-corrected chi connectivity index (χ4v) is 3.02. The van der Waals surface area contributed by atoms with Gasteiger partial charge in [-0.15, -0.1) is 0 Å². The normalized spacial score (nSPS) is 16.4. The molecule has 28 heavy (non-hydrogen) atoms. The number of nitrogens with zero attached hydrogens (tertiary/aromatic N) is 1. The fraction of sp³-hybridized carbons (Fsp3) is 0.450. The van der Waals surface area contributed by atoms with Crippen LogP contribution in [0.2, 0.25) is 5.02 Å². The Bertz CT molecular complexity index is 770. The van der Waals surface area contributed by atoms with Gasteiger partial charge in [-0.3, -0.25) is 9.79 Å². The third-order valence-corrected chi connectivity index (χ3v) is 4.86. The Labute approximate surface area is 169 Å². The smallest absolute Gasteiger partial charge is 0.344 e. The molecule has 1 saturated heterocycles. The van der Waals surface area contributed by atoms with Crippen LogP contribution in [0.5, 0.6) is 0 Å². The third-order valence-electron chi connectivity index (χ3n) is 4.53. The minimum absolute atomic E-state index is 0.0153. The van der Waals surface area contributed by atoms with Crippen molar-refractivity contribution in [3.05, 3.63) is 46.1 Å². The second kappa shape index (κ2) is 10.8. The molecule has 0 aromatic heterocycles. The minimum atomic E-state index is -0.770. The van der Waals surface area contributed by atoms with Gasteiger partial charge in [0.15, 0.2) is 6.61 Å². The van der Waals surface area contributed by atoms with Gasteiger partial charge in [-0.05, 0) is 37.3 Å². The van der Waals surface area contributed by atoms with E-state index < -0.39 is 18.4 Å². The largest absolute Gasteiger partial charge is 0.454 e. The van der Waals surface area contributed by atoms with E-state index in [2.05, 4.69) is 4.99 Å². The lowest BCUT2D eigenvalue weighted by molar-refractivity contribution is -0.137. The first-order chi connectivity index (χ1) is 13.4. The molecular weight excluding hydrogens is 382 g/mol. The van der Waals surface area contributed by atoms with E-state index in [0.29, 0.717) is 37.1 Å². The monoisotopic (exact) mass is 407 g/mol. The van der Waals surface area contributed by atoms with Gasteiger partial charge < -0.3 is 20.9 Å². The van der Waals surface area contributed by atoms with Crippen molar-refractivity contribution >= 4 is 29.2 Å². The van der Waals surface area contributed by atoms with Crippen LogP contribution in [-0.2, 0) is 14.3 Å². The molecule has 0 amide bonds. The molecule has 0 unspecified atom stereocenters. The van der Waals surface area contributed by atoms with Crippen LogP contribution in [-0.4, -0.2) is 44.0 Å². The van der Waals surface area contributed by atoms with E-state index in [4.69, 9.17) is 32.5 Å². The highest BCUT2D eigenvalue weighted by atomic mass is 35.5. The summed E-state index contributed by atoms with van der Waals surface area (Å²) in [5.74, 6) is -0.797. The van der Waals surface area contributed by atoms with Crippen molar-refractivity contribution in [2.45, 2.75) is 26.2 Å². The van der Waals surface area contributed by atoms with Crippen LogP contribution in [0.3, 0.4) is 0 Å². The first-order valence-electron chi connectivity index (χ1n) is 9.25. The first-order valence-corrected chi connectivity index (χ1v) is 9.63. The first kappa shape index (κ1) is 21.9. The fourth-order valence-electron chi connectivity index (χ4n) is 2.78. The number of allylic oxidation sites excluding steroid dienone is 1. The molecule has 4 N–H and O–H groups in total. The van der Waals surface area contributed by atoms with Crippen LogP contribution in [0.4, 0.5) is 0 Å². The molecule has 0 bridgehead atoms. The topological polar surface area (TPSA) is 117 Å². The molecule has 0 spiro atoms. The lowest BCUT2D eigenvalue weighted by atomic mass is 10.0. The van der Waals surface area contributed by atoms with Crippen molar-refractivity contribution in [1.82, 2.24) is 0 Å². The molecular formula is C20H26ClN3O4. The van der Waals surface area contributed by atoms with Crippen LogP contribution in [0, 0.1) is 5.92 Å². The molecule has 1 heterocycles. The molecule has 1 aliphatic heterocycles. The maximum atomic E-state index is 12.5. The van der Waals surface area contributed by atoms with E-state index in [0.717, 1.165) is 12.8 Å². The molecule has 1 aliphatic rings. The van der Waals surface area contributed by atoms with Crippen LogP contribution >= 0.6 is 11.6 Å². The van der Waals surface area contributed by atoms with Gasteiger partial charge >= 0.3 is 5.97 Å². The maximum absolute atomic E-state index is 12.5. The summed E-state index contributed by atoms with van der Waals surface area (Å²) in [6, 6.07) is 6.56. The number of benzene rings is 1. The molecule has 1 aromatic rings. The van der Waals surface area contributed by atoms with Crippen molar-refractivity contribution in [2.75, 3.05) is 26.4 Å². The van der Waals surface area contributed by atoms with E-state index >= 15 is 0 Å². The number of ketones is 1. The summed E-state index contributed by atoms with van der Waals surface area (Å²) < 4.78 is 10.5. The van der Waals surface area contributed by atoms with Gasteiger partial charge in [0.1, 0.15) is 11.4 Å². The number of hydrogen-bond donors (Lipinski definition) is 2. The standard InChI is InChI=1S/C20H26ClN3O4/c1-2-16(22)18(19(23)24-11-13-7-9-27-10-8-13)20(26)28-12-17(25)14-5-3-4-6-15(14)21/h3-6,13H,2,7-12,22H2,1H3,(H2,23,24). The van der Waals surface area contributed by atoms with Gasteiger partial charge in [0.2, 0.25) is 5.78 Å². The molecule has 1 aromatic carbocycles. The van der Waals surface area contributed by atoms with Crippen LogP contribution in [0.15, 0.2) is 40.5 Å². The highest BCUT2D eigenvalue weighted by molar-refractivity contribution is 6.34. The Balaban J connectivity index is 2.04. The van der Waals surface area contributed by atoms with Gasteiger partial charge in [-0.2, -0.15) is 0 Å². The van der Waals surface area contributed by atoms with E-state index in [1.54, 1.807) is 31.2 Å². The van der Waals surface area contributed by atoms with E-state index in [9.17, 15) is 9.59 Å². The van der Waals surface area contributed by atoms with Crippen molar-refractivity contribution in [3.8, 4) is 0 Å². The summed E-state index contributed by atoms with van der Waals surface area (Å²) in [5.41, 5.74) is 12.6. The number of ether oxygens (including phenoxy) is 2. The average molecular weight is 408 g/mol. The molecule has 0 atom stereocenters. The van der Waals surface area contributed by atoms with E-state index in [-0.39, 0.29) is 22.7 Å². The molecule has 0 aliphatic carbocycles. The lowest BCUT2D eigenvalue weighted by Gasteiger charge is -2.20. The third kappa shape index (κ3) is 6.07. The van der Waals surface area contributed by atoms with Gasteiger partial charge in [0.05, 0.1) is 5.02 Å². The van der Waals surface area contributed by atoms with Crippen molar-refractivity contribution < 1.29 is 19.1 Å². The average Bonchev–Trinajstić information content (AvgIpc) is 2.71. The molecule has 8 heteroatoms. The number of amidine groups is 1. The zero-order chi connectivity index (χ0) is 20.5. The highest BCUT2D eigenvalue weighted by Crippen LogP contribution is 2.17. The Morgan fingerprint density at radius 1 is 1.25 bits per heavy atom. The number of esters is 1. The zero-order valence-corrected chi connectivity index (χ0v) is 16.7. The molecule has 152 valence electrons. The summed E-state index contributed by atoms with van der Waals surface area (Å²) in [4.78, 5) is 29.1. The Morgan fingerprint density at radius 2 is 1.93 bits per heavy atom. The Morgan fingerprint density at radius 3 is 2.57 bits per heavy atom. The minimum Gasteiger partial charge on any atom is -0.454 e. The Kier molecular flexibility index (Phi) is 8.47. The number of carbonyl (C=O) groups is 2. The van der Waals surface area contributed by atoms with Gasteiger partial charge in [0.25, 0.3) is 0 Å². The van der Waals surface area contributed by atoms with Crippen molar-refractivity contribution in [1.29, 1.82) is 0 Å². The second-order valence-corrected chi connectivity index (χ2v) is 6.92. The predicted molar refractivity (Wildman–Crippen MR) is 108 cm³/mol. The number of rotatable bonds is 8. The van der Waals surface area contributed by atoms with Crippen LogP contribution in [0.1, 0.15) is 36.5 Å². The van der Waals surface area contributed by atoms with E-state index in [1.807, 2.05) is 0 Å². The van der Waals surface area contributed by atoms with Gasteiger partial charge in [-0.1, -0.05) is 30.7 Å². The van der Waals surface area contributed by atoms with Crippen LogP contribution in [0.25, 0.3) is 0 Å². The van der Waals surface area contributed by atoms with Gasteiger partial charge in [0, 0.05) is 31.0 Å². The SMILES string of the molecule is CCC(N)=C(C(=O)OCC(=O)c1ccccc1Cl)C(N)=NCC1CCOCC1.